The van der Waals surface area contributed by atoms with Gasteiger partial charge >= 0.3 is 5.97 Å². The predicted molar refractivity (Wildman–Crippen MR) is 120 cm³/mol. The molecule has 0 radical (unpaired) electrons. The van der Waals surface area contributed by atoms with Crippen LogP contribution in [0.5, 0.6) is 5.75 Å². The molecule has 0 atom stereocenters. The van der Waals surface area contributed by atoms with Gasteiger partial charge in [0.15, 0.2) is 0 Å². The maximum Gasteiger partial charge on any atom is 0.337 e. The van der Waals surface area contributed by atoms with E-state index in [4.69, 9.17) is 4.74 Å². The van der Waals surface area contributed by atoms with Gasteiger partial charge in [-0.25, -0.2) is 4.79 Å². The van der Waals surface area contributed by atoms with Crippen molar-refractivity contribution in [2.45, 2.75) is 40.3 Å². The van der Waals surface area contributed by atoms with E-state index in [2.05, 4.69) is 41.1 Å². The van der Waals surface area contributed by atoms with E-state index in [0.717, 1.165) is 41.2 Å². The molecule has 0 amide bonds. The molecular weight excluding hydrogens is 376 g/mol. The minimum absolute atomic E-state index is 0.401. The van der Waals surface area contributed by atoms with Crippen molar-refractivity contribution in [1.82, 2.24) is 9.88 Å². The van der Waals surface area contributed by atoms with Crippen molar-refractivity contribution in [3.8, 4) is 5.75 Å². The van der Waals surface area contributed by atoms with Gasteiger partial charge in [0.05, 0.1) is 12.7 Å². The van der Waals surface area contributed by atoms with E-state index in [1.165, 1.54) is 11.1 Å². The lowest BCUT2D eigenvalue weighted by molar-refractivity contribution is 0.0694. The monoisotopic (exact) mass is 406 g/mol. The second kappa shape index (κ2) is 9.63. The largest absolute Gasteiger partial charge is 0.497 e. The zero-order chi connectivity index (χ0) is 21.7. The van der Waals surface area contributed by atoms with Crippen LogP contribution in [0, 0.1) is 20.8 Å². The molecule has 0 aliphatic heterocycles. The van der Waals surface area contributed by atoms with Crippen molar-refractivity contribution in [3.05, 3.63) is 87.7 Å². The van der Waals surface area contributed by atoms with Gasteiger partial charge in [-0.3, -0.25) is 0 Å². The standard InChI is InChI=1S/C25H30N2O3/c1-17-8-10-20(11-9-17)12-13-26-15-23-18(2)27(19(3)24(23)25(28)29)16-21-6-5-7-22(14-21)30-4/h5-11,14,26H,12-13,15-16H2,1-4H3,(H,28,29). The highest BCUT2D eigenvalue weighted by atomic mass is 16.5. The minimum Gasteiger partial charge on any atom is -0.497 e. The number of nitrogens with one attached hydrogen (secondary N) is 1. The molecule has 0 bridgehead atoms. The first-order valence-corrected chi connectivity index (χ1v) is 10.2. The van der Waals surface area contributed by atoms with Gasteiger partial charge in [0, 0.05) is 30.0 Å². The van der Waals surface area contributed by atoms with E-state index >= 15 is 0 Å². The highest BCUT2D eigenvalue weighted by Crippen LogP contribution is 2.25. The summed E-state index contributed by atoms with van der Waals surface area (Å²) in [5, 5.41) is 13.3. The molecule has 2 N–H and O–H groups in total. The van der Waals surface area contributed by atoms with Gasteiger partial charge in [-0.2, -0.15) is 0 Å². The van der Waals surface area contributed by atoms with Crippen LogP contribution in [0.4, 0.5) is 0 Å². The molecule has 0 saturated carbocycles. The average Bonchev–Trinajstić information content (AvgIpc) is 2.97. The summed E-state index contributed by atoms with van der Waals surface area (Å²) in [7, 11) is 1.65. The minimum atomic E-state index is -0.879. The molecule has 0 fully saturated rings. The smallest absolute Gasteiger partial charge is 0.337 e. The van der Waals surface area contributed by atoms with Gasteiger partial charge in [-0.05, 0) is 57.0 Å². The van der Waals surface area contributed by atoms with Crippen molar-refractivity contribution in [2.75, 3.05) is 13.7 Å². The van der Waals surface area contributed by atoms with E-state index in [1.807, 2.05) is 38.1 Å². The number of carboxylic acids is 1. The molecule has 0 aliphatic rings. The van der Waals surface area contributed by atoms with Crippen LogP contribution in [0.25, 0.3) is 0 Å². The summed E-state index contributed by atoms with van der Waals surface area (Å²) in [4.78, 5) is 12.0. The van der Waals surface area contributed by atoms with Crippen LogP contribution < -0.4 is 10.1 Å². The molecule has 0 aliphatic carbocycles. The zero-order valence-electron chi connectivity index (χ0n) is 18.2. The Kier molecular flexibility index (Phi) is 6.95. The Morgan fingerprint density at radius 2 is 1.77 bits per heavy atom. The summed E-state index contributed by atoms with van der Waals surface area (Å²) in [6.07, 6.45) is 0.908. The lowest BCUT2D eigenvalue weighted by Crippen LogP contribution is -2.18. The van der Waals surface area contributed by atoms with Crippen molar-refractivity contribution in [1.29, 1.82) is 0 Å². The number of ether oxygens (including phenoxy) is 1. The fourth-order valence-electron chi connectivity index (χ4n) is 3.84. The van der Waals surface area contributed by atoms with Crippen molar-refractivity contribution >= 4 is 5.97 Å². The van der Waals surface area contributed by atoms with Crippen LogP contribution in [0.15, 0.2) is 48.5 Å². The maximum absolute atomic E-state index is 12.0. The fourth-order valence-corrected chi connectivity index (χ4v) is 3.84. The highest BCUT2D eigenvalue weighted by molar-refractivity contribution is 5.91. The number of rotatable bonds is 9. The number of carbonyl (C=O) groups is 1. The summed E-state index contributed by atoms with van der Waals surface area (Å²) in [6.45, 7) is 7.89. The van der Waals surface area contributed by atoms with Crippen LogP contribution in [0.2, 0.25) is 0 Å². The van der Waals surface area contributed by atoms with Crippen molar-refractivity contribution in [2.24, 2.45) is 0 Å². The Labute approximate surface area is 178 Å². The number of aromatic nitrogens is 1. The number of aromatic carboxylic acids is 1. The normalized spacial score (nSPS) is 10.9. The molecule has 1 aromatic heterocycles. The number of nitrogens with zero attached hydrogens (tertiary/aromatic N) is 1. The molecule has 0 unspecified atom stereocenters. The molecule has 5 heteroatoms. The number of carboxylic acid groups (broad SMARTS) is 1. The van der Waals surface area contributed by atoms with E-state index < -0.39 is 5.97 Å². The van der Waals surface area contributed by atoms with Crippen LogP contribution >= 0.6 is 0 Å². The number of methoxy groups -OCH3 is 1. The molecule has 2 aromatic carbocycles. The molecule has 158 valence electrons. The van der Waals surface area contributed by atoms with Crippen LogP contribution in [-0.4, -0.2) is 29.3 Å². The molecule has 5 nitrogen and oxygen atoms in total. The third-order valence-corrected chi connectivity index (χ3v) is 5.61. The number of hydrogen-bond acceptors (Lipinski definition) is 3. The summed E-state index contributed by atoms with van der Waals surface area (Å²) >= 11 is 0. The third-order valence-electron chi connectivity index (χ3n) is 5.61. The average molecular weight is 407 g/mol. The first kappa shape index (κ1) is 21.7. The Morgan fingerprint density at radius 3 is 2.43 bits per heavy atom. The Hall–Kier alpha value is -3.05. The van der Waals surface area contributed by atoms with Gasteiger partial charge < -0.3 is 19.7 Å². The summed E-state index contributed by atoms with van der Waals surface area (Å²) < 4.78 is 7.39. The lowest BCUT2D eigenvalue weighted by Gasteiger charge is -2.11. The van der Waals surface area contributed by atoms with Crippen LogP contribution in [0.3, 0.4) is 0 Å². The summed E-state index contributed by atoms with van der Waals surface area (Å²) in [5.74, 6) is -0.0817. The van der Waals surface area contributed by atoms with Crippen LogP contribution in [-0.2, 0) is 19.5 Å². The van der Waals surface area contributed by atoms with Gasteiger partial charge in [0.25, 0.3) is 0 Å². The first-order valence-electron chi connectivity index (χ1n) is 10.2. The topological polar surface area (TPSA) is 63.5 Å². The summed E-state index contributed by atoms with van der Waals surface area (Å²) in [6, 6.07) is 16.4. The second-order valence-electron chi connectivity index (χ2n) is 7.68. The zero-order valence-corrected chi connectivity index (χ0v) is 18.2. The van der Waals surface area contributed by atoms with Gasteiger partial charge in [0.1, 0.15) is 5.75 Å². The highest BCUT2D eigenvalue weighted by Gasteiger charge is 2.22. The van der Waals surface area contributed by atoms with Gasteiger partial charge in [0.2, 0.25) is 0 Å². The number of hydrogen-bond donors (Lipinski definition) is 2. The molecule has 0 saturated heterocycles. The second-order valence-corrected chi connectivity index (χ2v) is 7.68. The molecule has 3 aromatic rings. The molecular formula is C25H30N2O3. The molecule has 30 heavy (non-hydrogen) atoms. The number of benzene rings is 2. The molecule has 1 heterocycles. The molecule has 0 spiro atoms. The fraction of sp³-hybridized carbons (Fsp3) is 0.320. The van der Waals surface area contributed by atoms with E-state index in [0.29, 0.717) is 18.7 Å². The molecule has 3 rings (SSSR count). The third kappa shape index (κ3) is 4.92. The summed E-state index contributed by atoms with van der Waals surface area (Å²) in [5.41, 5.74) is 6.61. The van der Waals surface area contributed by atoms with Crippen molar-refractivity contribution < 1.29 is 14.6 Å². The Balaban J connectivity index is 1.75. The van der Waals surface area contributed by atoms with E-state index in [1.54, 1.807) is 7.11 Å². The lowest BCUT2D eigenvalue weighted by atomic mass is 10.1. The van der Waals surface area contributed by atoms with E-state index in [-0.39, 0.29) is 0 Å². The quantitative estimate of drug-likeness (QED) is 0.514. The van der Waals surface area contributed by atoms with Crippen molar-refractivity contribution in [3.63, 3.8) is 0 Å². The Morgan fingerprint density at radius 1 is 1.03 bits per heavy atom. The number of aryl methyl sites for hydroxylation is 1. The maximum atomic E-state index is 12.0. The van der Waals surface area contributed by atoms with Gasteiger partial charge in [-0.15, -0.1) is 0 Å². The van der Waals surface area contributed by atoms with Crippen LogP contribution in [0.1, 0.15) is 44.0 Å². The van der Waals surface area contributed by atoms with Gasteiger partial charge in [-0.1, -0.05) is 42.0 Å². The Bertz CT molecular complexity index is 1020. The van der Waals surface area contributed by atoms with E-state index in [9.17, 15) is 9.90 Å². The predicted octanol–water partition coefficient (Wildman–Crippen LogP) is 4.50. The SMILES string of the molecule is COc1cccc(Cn2c(C)c(CNCCc3ccc(C)cc3)c(C(=O)O)c2C)c1. The first-order chi connectivity index (χ1) is 14.4.